The lowest BCUT2D eigenvalue weighted by Crippen LogP contribution is -2.43. The number of hydrogen-bond donors (Lipinski definition) is 0. The molecule has 1 aromatic heterocycles. The fraction of sp³-hybridized carbons (Fsp3) is 0.643. The van der Waals surface area contributed by atoms with Gasteiger partial charge in [-0.15, -0.1) is 29.9 Å². The quantitative estimate of drug-likeness (QED) is 0.372. The molecular weight excluding hydrogens is 481 g/mol. The van der Waals surface area contributed by atoms with Crippen LogP contribution < -0.4 is 9.47 Å². The van der Waals surface area contributed by atoms with Crippen molar-refractivity contribution >= 4 is 24.8 Å². The highest BCUT2D eigenvalue weighted by atomic mass is 35.5. The maximum absolute atomic E-state index is 6.41. The van der Waals surface area contributed by atoms with Gasteiger partial charge in [0.15, 0.2) is 0 Å². The van der Waals surface area contributed by atoms with Gasteiger partial charge < -0.3 is 14.4 Å². The van der Waals surface area contributed by atoms with E-state index in [1.165, 1.54) is 50.5 Å². The summed E-state index contributed by atoms with van der Waals surface area (Å²) >= 11 is 0. The van der Waals surface area contributed by atoms with E-state index < -0.39 is 0 Å². The normalized spacial score (nSPS) is 24.3. The number of hydrogen-bond acceptors (Lipinski definition) is 5. The molecular formula is C28H41Cl2N3O2. The van der Waals surface area contributed by atoms with E-state index in [-0.39, 0.29) is 30.9 Å². The van der Waals surface area contributed by atoms with Crippen molar-refractivity contribution in [2.24, 2.45) is 0 Å². The van der Waals surface area contributed by atoms with Crippen molar-refractivity contribution < 1.29 is 9.47 Å². The highest BCUT2D eigenvalue weighted by molar-refractivity contribution is 5.85. The van der Waals surface area contributed by atoms with Gasteiger partial charge in [0, 0.05) is 23.7 Å². The lowest BCUT2D eigenvalue weighted by atomic mass is 9.97. The number of nitrogens with zero attached hydrogens (tertiary/aromatic N) is 3. The smallest absolute Gasteiger partial charge is 0.234 e. The number of benzene rings is 1. The van der Waals surface area contributed by atoms with Crippen molar-refractivity contribution in [2.45, 2.75) is 108 Å². The third-order valence-electron chi connectivity index (χ3n) is 7.98. The van der Waals surface area contributed by atoms with Crippen LogP contribution in [0.2, 0.25) is 0 Å². The van der Waals surface area contributed by atoms with Gasteiger partial charge in [0.2, 0.25) is 5.88 Å². The van der Waals surface area contributed by atoms with Crippen LogP contribution >= 0.6 is 24.8 Å². The Morgan fingerprint density at radius 1 is 0.857 bits per heavy atom. The van der Waals surface area contributed by atoms with Crippen LogP contribution in [0.1, 0.15) is 83.2 Å². The van der Waals surface area contributed by atoms with Gasteiger partial charge in [-0.2, -0.15) is 5.10 Å². The molecule has 5 rings (SSSR count). The Kier molecular flexibility index (Phi) is 10.5. The SMILES string of the molecule is CCCCc1nnc(O[C@H]2C[C@H]3CC[C@@H](C2)N3C)cc1-c1ccc(OC2CCCCC2)cc1.Cl.Cl. The molecule has 0 amide bonds. The largest absolute Gasteiger partial charge is 0.490 e. The highest BCUT2D eigenvalue weighted by Gasteiger charge is 2.39. The van der Waals surface area contributed by atoms with Crippen LogP contribution in [-0.2, 0) is 6.42 Å². The zero-order valence-corrected chi connectivity index (χ0v) is 22.8. The number of ether oxygens (including phenoxy) is 2. The summed E-state index contributed by atoms with van der Waals surface area (Å²) in [5.41, 5.74) is 3.38. The van der Waals surface area contributed by atoms with Gasteiger partial charge >= 0.3 is 0 Å². The minimum atomic E-state index is 0. The summed E-state index contributed by atoms with van der Waals surface area (Å²) in [6.07, 6.45) is 14.9. The van der Waals surface area contributed by atoms with Crippen LogP contribution in [0.15, 0.2) is 30.3 Å². The molecule has 3 fully saturated rings. The monoisotopic (exact) mass is 521 g/mol. The van der Waals surface area contributed by atoms with E-state index in [0.29, 0.717) is 24.1 Å². The molecule has 3 heterocycles. The molecule has 194 valence electrons. The molecule has 7 heteroatoms. The summed E-state index contributed by atoms with van der Waals surface area (Å²) in [5.74, 6) is 1.64. The summed E-state index contributed by atoms with van der Waals surface area (Å²) in [4.78, 5) is 2.54. The maximum atomic E-state index is 6.41. The van der Waals surface area contributed by atoms with Crippen molar-refractivity contribution in [1.29, 1.82) is 0 Å². The molecule has 0 radical (unpaired) electrons. The molecule has 1 saturated carbocycles. The minimum Gasteiger partial charge on any atom is -0.490 e. The molecule has 3 aliphatic rings. The molecule has 35 heavy (non-hydrogen) atoms. The van der Waals surface area contributed by atoms with Gasteiger partial charge in [-0.3, -0.25) is 0 Å². The molecule has 2 bridgehead atoms. The highest BCUT2D eigenvalue weighted by Crippen LogP contribution is 2.36. The fourth-order valence-electron chi connectivity index (χ4n) is 5.95. The third-order valence-corrected chi connectivity index (χ3v) is 7.98. The molecule has 1 aromatic carbocycles. The van der Waals surface area contributed by atoms with Gasteiger partial charge in [-0.05, 0) is 89.0 Å². The van der Waals surface area contributed by atoms with Gasteiger partial charge in [-0.1, -0.05) is 31.9 Å². The van der Waals surface area contributed by atoms with E-state index in [2.05, 4.69) is 59.4 Å². The predicted molar refractivity (Wildman–Crippen MR) is 146 cm³/mol. The number of unbranched alkanes of at least 4 members (excludes halogenated alkanes) is 1. The predicted octanol–water partition coefficient (Wildman–Crippen LogP) is 7.05. The van der Waals surface area contributed by atoms with E-state index in [1.807, 2.05) is 0 Å². The van der Waals surface area contributed by atoms with Gasteiger partial charge in [-0.25, -0.2) is 0 Å². The van der Waals surface area contributed by atoms with E-state index in [0.717, 1.165) is 49.1 Å². The Morgan fingerprint density at radius 3 is 2.20 bits per heavy atom. The summed E-state index contributed by atoms with van der Waals surface area (Å²) < 4.78 is 12.6. The van der Waals surface area contributed by atoms with E-state index >= 15 is 0 Å². The molecule has 0 unspecified atom stereocenters. The average Bonchev–Trinajstić information content (AvgIpc) is 3.04. The van der Waals surface area contributed by atoms with Crippen LogP contribution in [0.3, 0.4) is 0 Å². The number of fused-ring (bicyclic) bond motifs is 2. The molecule has 3 atom stereocenters. The number of rotatable bonds is 8. The first-order chi connectivity index (χ1) is 16.2. The zero-order chi connectivity index (χ0) is 22.6. The van der Waals surface area contributed by atoms with Crippen LogP contribution in [0.4, 0.5) is 0 Å². The molecule has 2 saturated heterocycles. The summed E-state index contributed by atoms with van der Waals surface area (Å²) in [6.45, 7) is 2.22. The Bertz CT molecular complexity index is 907. The van der Waals surface area contributed by atoms with Gasteiger partial charge in [0.1, 0.15) is 11.9 Å². The Labute approximate surface area is 223 Å². The first-order valence-corrected chi connectivity index (χ1v) is 13.2. The second kappa shape index (κ2) is 13.1. The second-order valence-electron chi connectivity index (χ2n) is 10.3. The Morgan fingerprint density at radius 2 is 1.54 bits per heavy atom. The Balaban J connectivity index is 0.00000171. The van der Waals surface area contributed by atoms with Crippen LogP contribution in [0, 0.1) is 0 Å². The molecule has 0 spiro atoms. The molecule has 5 nitrogen and oxygen atoms in total. The summed E-state index contributed by atoms with van der Waals surface area (Å²) in [6, 6.07) is 12.0. The van der Waals surface area contributed by atoms with Crippen molar-refractivity contribution in [3.8, 4) is 22.8 Å². The van der Waals surface area contributed by atoms with Crippen LogP contribution in [0.25, 0.3) is 11.1 Å². The van der Waals surface area contributed by atoms with E-state index in [1.54, 1.807) is 0 Å². The molecule has 2 aliphatic heterocycles. The molecule has 2 aromatic rings. The lowest BCUT2D eigenvalue weighted by molar-refractivity contribution is 0.0626. The van der Waals surface area contributed by atoms with Crippen molar-refractivity contribution in [3.63, 3.8) is 0 Å². The minimum absolute atomic E-state index is 0. The zero-order valence-electron chi connectivity index (χ0n) is 21.2. The summed E-state index contributed by atoms with van der Waals surface area (Å²) in [7, 11) is 2.26. The first-order valence-electron chi connectivity index (χ1n) is 13.2. The third kappa shape index (κ3) is 6.81. The van der Waals surface area contributed by atoms with Crippen molar-refractivity contribution in [1.82, 2.24) is 15.1 Å². The van der Waals surface area contributed by atoms with E-state index in [4.69, 9.17) is 9.47 Å². The fourth-order valence-corrected chi connectivity index (χ4v) is 5.95. The van der Waals surface area contributed by atoms with Crippen molar-refractivity contribution in [2.75, 3.05) is 7.05 Å². The lowest BCUT2D eigenvalue weighted by Gasteiger charge is -2.36. The number of aryl methyl sites for hydroxylation is 1. The van der Waals surface area contributed by atoms with Crippen LogP contribution in [-0.4, -0.2) is 46.4 Å². The molecule has 1 aliphatic carbocycles. The standard InChI is InChI=1S/C28H39N3O2.2ClH/c1-3-4-10-27-26(20-11-15-24(16-12-20)32-23-8-6-5-7-9-23)19-28(30-29-27)33-25-17-21-13-14-22(18-25)31(21)2;;/h11-12,15-16,19,21-23,25H,3-10,13-14,17-18H2,1-2H3;2*1H/t21-,22+,25+;;. The average molecular weight is 523 g/mol. The number of piperidine rings is 1. The number of halogens is 2. The van der Waals surface area contributed by atoms with Crippen molar-refractivity contribution in [3.05, 3.63) is 36.0 Å². The first kappa shape index (κ1) is 28.0. The molecule has 0 N–H and O–H groups in total. The maximum Gasteiger partial charge on any atom is 0.234 e. The van der Waals surface area contributed by atoms with Crippen LogP contribution in [0.5, 0.6) is 11.6 Å². The Hall–Kier alpha value is -1.56. The topological polar surface area (TPSA) is 47.5 Å². The van der Waals surface area contributed by atoms with Gasteiger partial charge in [0.25, 0.3) is 0 Å². The second-order valence-corrected chi connectivity index (χ2v) is 10.3. The summed E-state index contributed by atoms with van der Waals surface area (Å²) in [5, 5.41) is 9.11. The number of aromatic nitrogens is 2. The van der Waals surface area contributed by atoms with Gasteiger partial charge in [0.05, 0.1) is 11.8 Å². The van der Waals surface area contributed by atoms with E-state index in [9.17, 15) is 0 Å².